The average Bonchev–Trinajstić information content (AvgIpc) is 3.42. The molecule has 1 aliphatic heterocycles. The van der Waals surface area contributed by atoms with Crippen molar-refractivity contribution in [2.75, 3.05) is 13.1 Å². The van der Waals surface area contributed by atoms with E-state index in [1.165, 1.54) is 6.07 Å². The summed E-state index contributed by atoms with van der Waals surface area (Å²) in [6.07, 6.45) is 7.72. The average molecular weight is 388 g/mol. The quantitative estimate of drug-likeness (QED) is 0.857. The second-order valence-corrected chi connectivity index (χ2v) is 7.96. The predicted octanol–water partition coefficient (Wildman–Crippen LogP) is 2.97. The van der Waals surface area contributed by atoms with E-state index >= 15 is 0 Å². The zero-order valence-corrected chi connectivity index (χ0v) is 16.1. The third-order valence-electron chi connectivity index (χ3n) is 6.08. The van der Waals surface area contributed by atoms with E-state index in [0.717, 1.165) is 49.9 Å². The van der Waals surface area contributed by atoms with Crippen LogP contribution in [0.2, 0.25) is 0 Å². The molecule has 1 N–H and O–H groups in total. The second-order valence-electron chi connectivity index (χ2n) is 7.96. The fraction of sp³-hybridized carbons (Fsp3) is 0.524. The molecule has 1 saturated carbocycles. The van der Waals surface area contributed by atoms with Gasteiger partial charge in [-0.1, -0.05) is 12.8 Å². The highest BCUT2D eigenvalue weighted by atomic mass is 19.1. The van der Waals surface area contributed by atoms with Crippen molar-refractivity contribution in [2.45, 2.75) is 44.2 Å². The van der Waals surface area contributed by atoms with E-state index in [2.05, 4.69) is 10.4 Å². The summed E-state index contributed by atoms with van der Waals surface area (Å²) in [5, 5.41) is 7.56. The Balaban J connectivity index is 1.60. The van der Waals surface area contributed by atoms with Crippen LogP contribution < -0.4 is 5.32 Å². The molecule has 1 aromatic carbocycles. The fourth-order valence-corrected chi connectivity index (χ4v) is 4.58. The van der Waals surface area contributed by atoms with Crippen LogP contribution in [0.3, 0.4) is 0 Å². The van der Waals surface area contributed by atoms with Gasteiger partial charge in [-0.15, -0.1) is 0 Å². The first-order chi connectivity index (χ1) is 13.5. The highest BCUT2D eigenvalue weighted by Gasteiger charge is 2.39. The molecule has 0 spiro atoms. The largest absolute Gasteiger partial charge is 0.335 e. The van der Waals surface area contributed by atoms with Gasteiger partial charge in [0.2, 0.25) is 5.91 Å². The van der Waals surface area contributed by atoms with Gasteiger partial charge in [-0.2, -0.15) is 5.10 Å². The Hall–Kier alpha value is -2.28. The van der Waals surface area contributed by atoms with Crippen molar-refractivity contribution in [1.29, 1.82) is 0 Å². The van der Waals surface area contributed by atoms with Gasteiger partial charge in [-0.25, -0.2) is 8.78 Å². The molecular weight excluding hydrogens is 362 g/mol. The molecule has 0 unspecified atom stereocenters. The minimum Gasteiger partial charge on any atom is -0.335 e. The van der Waals surface area contributed by atoms with E-state index in [-0.39, 0.29) is 35.9 Å². The van der Waals surface area contributed by atoms with Crippen LogP contribution in [0.5, 0.6) is 0 Å². The maximum absolute atomic E-state index is 14.3. The number of halogens is 2. The van der Waals surface area contributed by atoms with E-state index in [1.807, 2.05) is 19.4 Å². The number of amides is 1. The Morgan fingerprint density at radius 3 is 2.79 bits per heavy atom. The topological polar surface area (TPSA) is 50.2 Å². The minimum atomic E-state index is -0.481. The molecule has 2 fully saturated rings. The van der Waals surface area contributed by atoms with Crippen LogP contribution in [0.4, 0.5) is 8.78 Å². The monoisotopic (exact) mass is 388 g/mol. The molecule has 150 valence electrons. The van der Waals surface area contributed by atoms with Crippen molar-refractivity contribution in [3.63, 3.8) is 0 Å². The summed E-state index contributed by atoms with van der Waals surface area (Å²) in [6.45, 7) is 1.42. The lowest BCUT2D eigenvalue weighted by Crippen LogP contribution is -2.43. The van der Waals surface area contributed by atoms with E-state index in [4.69, 9.17) is 0 Å². The summed E-state index contributed by atoms with van der Waals surface area (Å²) >= 11 is 0. The molecule has 2 aromatic rings. The normalized spacial score (nSPS) is 22.7. The fourth-order valence-electron chi connectivity index (χ4n) is 4.58. The number of hydrogen-bond acceptors (Lipinski definition) is 3. The Morgan fingerprint density at radius 2 is 2.07 bits per heavy atom. The van der Waals surface area contributed by atoms with Gasteiger partial charge in [0.15, 0.2) is 0 Å². The highest BCUT2D eigenvalue weighted by molar-refractivity contribution is 5.81. The van der Waals surface area contributed by atoms with Crippen molar-refractivity contribution in [2.24, 2.45) is 13.0 Å². The lowest BCUT2D eigenvalue weighted by Gasteiger charge is -2.33. The first-order valence-electron chi connectivity index (χ1n) is 9.96. The first kappa shape index (κ1) is 19.1. The minimum absolute atomic E-state index is 0.0226. The van der Waals surface area contributed by atoms with Gasteiger partial charge in [0, 0.05) is 50.4 Å². The molecule has 1 aliphatic carbocycles. The van der Waals surface area contributed by atoms with E-state index in [0.29, 0.717) is 6.54 Å². The lowest BCUT2D eigenvalue weighted by molar-refractivity contribution is -0.138. The van der Waals surface area contributed by atoms with Gasteiger partial charge in [0.25, 0.3) is 0 Å². The maximum Gasteiger partial charge on any atom is 0.228 e. The van der Waals surface area contributed by atoms with Crippen LogP contribution in [0.25, 0.3) is 0 Å². The van der Waals surface area contributed by atoms with Gasteiger partial charge in [0.1, 0.15) is 11.6 Å². The molecule has 0 bridgehead atoms. The number of carbonyl (C=O) groups is 1. The summed E-state index contributed by atoms with van der Waals surface area (Å²) in [6, 6.07) is 3.54. The van der Waals surface area contributed by atoms with Crippen LogP contribution in [0, 0.1) is 17.6 Å². The number of rotatable bonds is 5. The van der Waals surface area contributed by atoms with E-state index < -0.39 is 11.6 Å². The molecule has 7 heteroatoms. The van der Waals surface area contributed by atoms with Crippen LogP contribution >= 0.6 is 0 Å². The zero-order valence-electron chi connectivity index (χ0n) is 16.1. The summed E-state index contributed by atoms with van der Waals surface area (Å²) in [4.78, 5) is 15.4. The van der Waals surface area contributed by atoms with Crippen molar-refractivity contribution in [1.82, 2.24) is 20.0 Å². The van der Waals surface area contributed by atoms with Gasteiger partial charge in [0.05, 0.1) is 12.1 Å². The van der Waals surface area contributed by atoms with Gasteiger partial charge in [-0.3, -0.25) is 9.48 Å². The predicted molar refractivity (Wildman–Crippen MR) is 101 cm³/mol. The van der Waals surface area contributed by atoms with Crippen LogP contribution in [-0.2, 0) is 18.4 Å². The standard InChI is InChI=1S/C21H26F2N4O/c1-26-12-15(9-25-26)18-10-24-11-19(18)21(28)27(17-4-2-3-5-17)13-14-8-16(22)6-7-20(14)23/h6-9,12,17-19,24H,2-5,10-11,13H2,1H3/t18-,19+/m1/s1. The van der Waals surface area contributed by atoms with Crippen LogP contribution in [0.15, 0.2) is 30.6 Å². The summed E-state index contributed by atoms with van der Waals surface area (Å²) in [5.74, 6) is -1.10. The number of nitrogens with one attached hydrogen (secondary N) is 1. The summed E-state index contributed by atoms with van der Waals surface area (Å²) in [7, 11) is 1.86. The molecule has 1 saturated heterocycles. The molecule has 5 nitrogen and oxygen atoms in total. The molecule has 2 aliphatic rings. The first-order valence-corrected chi connectivity index (χ1v) is 9.96. The van der Waals surface area contributed by atoms with Crippen molar-refractivity contribution in [3.05, 3.63) is 53.4 Å². The number of hydrogen-bond donors (Lipinski definition) is 1. The molecule has 4 rings (SSSR count). The number of carbonyl (C=O) groups excluding carboxylic acids is 1. The molecule has 2 heterocycles. The summed E-state index contributed by atoms with van der Waals surface area (Å²) in [5.41, 5.74) is 1.28. The van der Waals surface area contributed by atoms with Crippen LogP contribution in [0.1, 0.15) is 42.7 Å². The lowest BCUT2D eigenvalue weighted by atomic mass is 9.89. The molecule has 1 aromatic heterocycles. The van der Waals surface area contributed by atoms with Crippen molar-refractivity contribution < 1.29 is 13.6 Å². The molecule has 0 radical (unpaired) electrons. The Morgan fingerprint density at radius 1 is 1.29 bits per heavy atom. The third kappa shape index (κ3) is 3.81. The number of nitrogens with zero attached hydrogens (tertiary/aromatic N) is 3. The molecule has 2 atom stereocenters. The van der Waals surface area contributed by atoms with Gasteiger partial charge < -0.3 is 10.2 Å². The molecular formula is C21H26F2N4O. The van der Waals surface area contributed by atoms with Crippen molar-refractivity contribution >= 4 is 5.91 Å². The second kappa shape index (κ2) is 7.99. The van der Waals surface area contributed by atoms with E-state index in [9.17, 15) is 13.6 Å². The zero-order chi connectivity index (χ0) is 19.7. The highest BCUT2D eigenvalue weighted by Crippen LogP contribution is 2.33. The number of aromatic nitrogens is 2. The van der Waals surface area contributed by atoms with Crippen LogP contribution in [-0.4, -0.2) is 39.7 Å². The molecule has 1 amide bonds. The Kier molecular flexibility index (Phi) is 5.44. The maximum atomic E-state index is 14.3. The molecule has 28 heavy (non-hydrogen) atoms. The van der Waals surface area contributed by atoms with Gasteiger partial charge >= 0.3 is 0 Å². The third-order valence-corrected chi connectivity index (χ3v) is 6.08. The number of aryl methyl sites for hydroxylation is 1. The Labute approximate surface area is 163 Å². The SMILES string of the molecule is Cn1cc([C@H]2CNC[C@@H]2C(=O)N(Cc2cc(F)ccc2F)C2CCCC2)cn1. The van der Waals surface area contributed by atoms with E-state index in [1.54, 1.807) is 9.58 Å². The van der Waals surface area contributed by atoms with Gasteiger partial charge in [-0.05, 0) is 36.6 Å². The van der Waals surface area contributed by atoms with Crippen molar-refractivity contribution in [3.8, 4) is 0 Å². The summed E-state index contributed by atoms with van der Waals surface area (Å²) < 4.78 is 29.7. The Bertz CT molecular complexity index is 847. The number of benzene rings is 1. The smallest absolute Gasteiger partial charge is 0.228 e.